The van der Waals surface area contributed by atoms with Gasteiger partial charge in [-0.2, -0.15) is 0 Å². The Morgan fingerprint density at radius 3 is 2.52 bits per heavy atom. The number of hydrogen-bond donors (Lipinski definition) is 2. The molecule has 0 unspecified atom stereocenters. The number of pyridine rings is 2. The number of nitrogens with zero attached hydrogens (tertiary/aromatic N) is 2. The van der Waals surface area contributed by atoms with Crippen molar-refractivity contribution in [2.24, 2.45) is 0 Å². The van der Waals surface area contributed by atoms with Gasteiger partial charge in [0.15, 0.2) is 0 Å². The van der Waals surface area contributed by atoms with Gasteiger partial charge in [0.2, 0.25) is 0 Å². The third-order valence-electron chi connectivity index (χ3n) is 3.60. The van der Waals surface area contributed by atoms with E-state index in [-0.39, 0.29) is 6.03 Å². The molecule has 0 radical (unpaired) electrons. The molecule has 0 spiro atoms. The van der Waals surface area contributed by atoms with Crippen LogP contribution in [0.3, 0.4) is 0 Å². The normalized spacial score (nSPS) is 10.1. The van der Waals surface area contributed by atoms with Gasteiger partial charge in [0, 0.05) is 36.4 Å². The van der Waals surface area contributed by atoms with E-state index in [9.17, 15) is 4.79 Å². The van der Waals surface area contributed by atoms with Crippen molar-refractivity contribution in [1.29, 1.82) is 0 Å². The molecule has 0 aliphatic carbocycles. The number of amides is 2. The molecule has 2 aromatic heterocycles. The smallest absolute Gasteiger partial charge is 0.319 e. The lowest BCUT2D eigenvalue weighted by Gasteiger charge is -2.09. The molecule has 25 heavy (non-hydrogen) atoms. The van der Waals surface area contributed by atoms with E-state index < -0.39 is 0 Å². The van der Waals surface area contributed by atoms with Gasteiger partial charge >= 0.3 is 6.03 Å². The van der Waals surface area contributed by atoms with Crippen LogP contribution in [0.4, 0.5) is 10.5 Å². The van der Waals surface area contributed by atoms with Crippen LogP contribution in [0, 0.1) is 0 Å². The zero-order valence-electron chi connectivity index (χ0n) is 13.8. The van der Waals surface area contributed by atoms with Gasteiger partial charge in [-0.25, -0.2) is 4.79 Å². The first-order chi connectivity index (χ1) is 12.2. The summed E-state index contributed by atoms with van der Waals surface area (Å²) >= 11 is 0. The SMILES string of the molecule is COc1ccc(NC(=O)NCc2ccnc(-c3ccncc3)c2)cc1. The Hall–Kier alpha value is -3.41. The highest BCUT2D eigenvalue weighted by atomic mass is 16.5. The molecule has 0 aliphatic rings. The molecule has 0 fully saturated rings. The van der Waals surface area contributed by atoms with Crippen LogP contribution in [0.15, 0.2) is 67.1 Å². The van der Waals surface area contributed by atoms with Gasteiger partial charge in [0.1, 0.15) is 5.75 Å². The van der Waals surface area contributed by atoms with Crippen LogP contribution in [-0.2, 0) is 6.54 Å². The summed E-state index contributed by atoms with van der Waals surface area (Å²) in [6, 6.07) is 14.5. The molecule has 6 nitrogen and oxygen atoms in total. The van der Waals surface area contributed by atoms with E-state index in [1.54, 1.807) is 50.0 Å². The Balaban J connectivity index is 1.58. The lowest BCUT2D eigenvalue weighted by atomic mass is 10.1. The molecule has 0 atom stereocenters. The molecule has 0 bridgehead atoms. The fourth-order valence-corrected chi connectivity index (χ4v) is 2.30. The number of rotatable bonds is 5. The van der Waals surface area contributed by atoms with Crippen molar-refractivity contribution in [3.8, 4) is 17.0 Å². The molecule has 3 rings (SSSR count). The first-order valence-corrected chi connectivity index (χ1v) is 7.79. The minimum atomic E-state index is -0.271. The minimum Gasteiger partial charge on any atom is -0.497 e. The van der Waals surface area contributed by atoms with E-state index in [2.05, 4.69) is 20.6 Å². The summed E-state index contributed by atoms with van der Waals surface area (Å²) in [5.41, 5.74) is 3.49. The summed E-state index contributed by atoms with van der Waals surface area (Å²) in [6.07, 6.45) is 5.18. The average Bonchev–Trinajstić information content (AvgIpc) is 2.68. The molecule has 0 aliphatic heterocycles. The molecule has 2 heterocycles. The topological polar surface area (TPSA) is 76.1 Å². The number of benzene rings is 1. The Bertz CT molecular complexity index is 836. The summed E-state index contributed by atoms with van der Waals surface area (Å²) < 4.78 is 5.09. The maximum absolute atomic E-state index is 12.0. The molecule has 126 valence electrons. The second kappa shape index (κ2) is 7.92. The highest BCUT2D eigenvalue weighted by molar-refractivity contribution is 5.89. The lowest BCUT2D eigenvalue weighted by molar-refractivity contribution is 0.251. The highest BCUT2D eigenvalue weighted by Gasteiger charge is 2.04. The molecule has 1 aromatic carbocycles. The van der Waals surface area contributed by atoms with Crippen LogP contribution >= 0.6 is 0 Å². The minimum absolute atomic E-state index is 0.271. The first-order valence-electron chi connectivity index (χ1n) is 7.79. The summed E-state index contributed by atoms with van der Waals surface area (Å²) in [5, 5.41) is 5.61. The molecular weight excluding hydrogens is 316 g/mol. The van der Waals surface area contributed by atoms with E-state index in [0.717, 1.165) is 22.6 Å². The van der Waals surface area contributed by atoms with E-state index in [0.29, 0.717) is 12.2 Å². The zero-order chi connectivity index (χ0) is 17.5. The van der Waals surface area contributed by atoms with Gasteiger partial charge in [0.05, 0.1) is 12.8 Å². The standard InChI is InChI=1S/C19H18N4O2/c1-25-17-4-2-16(3-5-17)23-19(24)22-13-14-6-11-21-18(12-14)15-7-9-20-10-8-15/h2-12H,13H2,1H3,(H2,22,23,24). The molecule has 3 aromatic rings. The maximum Gasteiger partial charge on any atom is 0.319 e. The van der Waals surface area contributed by atoms with E-state index in [1.807, 2.05) is 24.3 Å². The average molecular weight is 334 g/mol. The second-order valence-corrected chi connectivity index (χ2v) is 5.32. The Morgan fingerprint density at radius 1 is 1.04 bits per heavy atom. The maximum atomic E-state index is 12.0. The quantitative estimate of drug-likeness (QED) is 0.749. The van der Waals surface area contributed by atoms with Crippen LogP contribution in [0.25, 0.3) is 11.3 Å². The number of carbonyl (C=O) groups is 1. The number of anilines is 1. The highest BCUT2D eigenvalue weighted by Crippen LogP contribution is 2.17. The van der Waals surface area contributed by atoms with Crippen molar-refractivity contribution in [2.45, 2.75) is 6.54 Å². The van der Waals surface area contributed by atoms with Gasteiger partial charge in [0.25, 0.3) is 0 Å². The number of hydrogen-bond acceptors (Lipinski definition) is 4. The van der Waals surface area contributed by atoms with Crippen LogP contribution in [-0.4, -0.2) is 23.1 Å². The number of ether oxygens (including phenoxy) is 1. The lowest BCUT2D eigenvalue weighted by Crippen LogP contribution is -2.28. The van der Waals surface area contributed by atoms with E-state index in [4.69, 9.17) is 4.74 Å². The molecule has 2 amide bonds. The summed E-state index contributed by atoms with van der Waals surface area (Å²) in [7, 11) is 1.60. The van der Waals surface area contributed by atoms with Gasteiger partial charge in [-0.3, -0.25) is 9.97 Å². The summed E-state index contributed by atoms with van der Waals surface area (Å²) in [6.45, 7) is 0.405. The number of nitrogens with one attached hydrogen (secondary N) is 2. The Labute approximate surface area is 145 Å². The van der Waals surface area contributed by atoms with E-state index >= 15 is 0 Å². The van der Waals surface area contributed by atoms with Crippen molar-refractivity contribution < 1.29 is 9.53 Å². The Kier molecular flexibility index (Phi) is 5.21. The van der Waals surface area contributed by atoms with Crippen molar-refractivity contribution in [1.82, 2.24) is 15.3 Å². The van der Waals surface area contributed by atoms with Gasteiger partial charge in [-0.15, -0.1) is 0 Å². The third-order valence-corrected chi connectivity index (χ3v) is 3.60. The van der Waals surface area contributed by atoms with Gasteiger partial charge < -0.3 is 15.4 Å². The number of methoxy groups -OCH3 is 1. The monoisotopic (exact) mass is 334 g/mol. The molecule has 2 N–H and O–H groups in total. The zero-order valence-corrected chi connectivity index (χ0v) is 13.8. The summed E-state index contributed by atoms with van der Waals surface area (Å²) in [4.78, 5) is 20.4. The number of urea groups is 1. The van der Waals surface area contributed by atoms with E-state index in [1.165, 1.54) is 0 Å². The second-order valence-electron chi connectivity index (χ2n) is 5.32. The molecule has 6 heteroatoms. The first kappa shape index (κ1) is 16.4. The number of aromatic nitrogens is 2. The fraction of sp³-hybridized carbons (Fsp3) is 0.105. The van der Waals surface area contributed by atoms with Crippen LogP contribution in [0.5, 0.6) is 5.75 Å². The number of carbonyl (C=O) groups excluding carboxylic acids is 1. The van der Waals surface area contributed by atoms with Gasteiger partial charge in [-0.1, -0.05) is 0 Å². The van der Waals surface area contributed by atoms with Gasteiger partial charge in [-0.05, 0) is 54.1 Å². The van der Waals surface area contributed by atoms with Crippen molar-refractivity contribution in [2.75, 3.05) is 12.4 Å². The van der Waals surface area contributed by atoms with Crippen LogP contribution in [0.1, 0.15) is 5.56 Å². The van der Waals surface area contributed by atoms with Crippen molar-refractivity contribution >= 4 is 11.7 Å². The summed E-state index contributed by atoms with van der Waals surface area (Å²) in [5.74, 6) is 0.742. The molecule has 0 saturated carbocycles. The van der Waals surface area contributed by atoms with Crippen molar-refractivity contribution in [3.63, 3.8) is 0 Å². The fourth-order valence-electron chi connectivity index (χ4n) is 2.30. The predicted octanol–water partition coefficient (Wildman–Crippen LogP) is 3.47. The van der Waals surface area contributed by atoms with Crippen molar-refractivity contribution in [3.05, 3.63) is 72.7 Å². The predicted molar refractivity (Wildman–Crippen MR) is 96.3 cm³/mol. The Morgan fingerprint density at radius 2 is 1.80 bits per heavy atom. The van der Waals surface area contributed by atoms with Crippen LogP contribution < -0.4 is 15.4 Å². The largest absolute Gasteiger partial charge is 0.497 e. The molecular formula is C19H18N4O2. The molecule has 0 saturated heterocycles. The third kappa shape index (κ3) is 4.54. The van der Waals surface area contributed by atoms with Crippen LogP contribution in [0.2, 0.25) is 0 Å².